The zero-order chi connectivity index (χ0) is 12.8. The van der Waals surface area contributed by atoms with Crippen LogP contribution >= 0.6 is 0 Å². The molecule has 2 rings (SSSR count). The molecule has 1 fully saturated rings. The summed E-state index contributed by atoms with van der Waals surface area (Å²) < 4.78 is 0. The van der Waals surface area contributed by atoms with E-state index in [1.54, 1.807) is 0 Å². The minimum absolute atomic E-state index is 0.765. The Morgan fingerprint density at radius 1 is 1.22 bits per heavy atom. The highest BCUT2D eigenvalue weighted by atomic mass is 15.2. The molecule has 0 aromatic carbocycles. The lowest BCUT2D eigenvalue weighted by Gasteiger charge is -2.22. The Labute approximate surface area is 111 Å². The molecule has 1 saturated carbocycles. The van der Waals surface area contributed by atoms with Crippen LogP contribution in [0.15, 0.2) is 18.3 Å². The second-order valence-corrected chi connectivity index (χ2v) is 5.17. The minimum atomic E-state index is 0.765. The topological polar surface area (TPSA) is 28.2 Å². The molecule has 0 bridgehead atoms. The Kier molecular flexibility index (Phi) is 5.00. The van der Waals surface area contributed by atoms with Gasteiger partial charge in [-0.3, -0.25) is 0 Å². The molecule has 0 radical (unpaired) electrons. The SMILES string of the molecule is CCCN(CCC)c1ccc(CNC2CC2)cn1. The Balaban J connectivity index is 1.90. The summed E-state index contributed by atoms with van der Waals surface area (Å²) in [6.07, 6.45) is 7.04. The molecule has 0 atom stereocenters. The van der Waals surface area contributed by atoms with Gasteiger partial charge in [0.2, 0.25) is 0 Å². The van der Waals surface area contributed by atoms with E-state index in [4.69, 9.17) is 0 Å². The monoisotopic (exact) mass is 247 g/mol. The Hall–Kier alpha value is -1.09. The quantitative estimate of drug-likeness (QED) is 0.765. The lowest BCUT2D eigenvalue weighted by molar-refractivity contribution is 0.684. The molecular weight excluding hydrogens is 222 g/mol. The fourth-order valence-corrected chi connectivity index (χ4v) is 2.14. The van der Waals surface area contributed by atoms with Crippen molar-refractivity contribution in [3.63, 3.8) is 0 Å². The molecule has 1 N–H and O–H groups in total. The molecular formula is C15H25N3. The van der Waals surface area contributed by atoms with Gasteiger partial charge in [-0.25, -0.2) is 4.98 Å². The molecule has 1 aromatic rings. The fourth-order valence-electron chi connectivity index (χ4n) is 2.14. The van der Waals surface area contributed by atoms with E-state index in [-0.39, 0.29) is 0 Å². The maximum atomic E-state index is 4.60. The summed E-state index contributed by atoms with van der Waals surface area (Å²) in [6, 6.07) is 5.13. The standard InChI is InChI=1S/C15H25N3/c1-3-9-18(10-4-2)15-8-5-13(12-17-15)11-16-14-6-7-14/h5,8,12,14,16H,3-4,6-7,9-11H2,1-2H3. The number of nitrogens with one attached hydrogen (secondary N) is 1. The van der Waals surface area contributed by atoms with Crippen molar-refractivity contribution in [2.24, 2.45) is 0 Å². The first kappa shape index (κ1) is 13.3. The van der Waals surface area contributed by atoms with Crippen molar-refractivity contribution in [1.82, 2.24) is 10.3 Å². The van der Waals surface area contributed by atoms with Crippen molar-refractivity contribution in [2.75, 3.05) is 18.0 Å². The van der Waals surface area contributed by atoms with Crippen LogP contribution in [0.3, 0.4) is 0 Å². The third-order valence-electron chi connectivity index (χ3n) is 3.29. The van der Waals surface area contributed by atoms with E-state index >= 15 is 0 Å². The van der Waals surface area contributed by atoms with Crippen LogP contribution in [0.5, 0.6) is 0 Å². The summed E-state index contributed by atoms with van der Waals surface area (Å²) in [5, 5.41) is 3.52. The van der Waals surface area contributed by atoms with Gasteiger partial charge in [0.25, 0.3) is 0 Å². The summed E-state index contributed by atoms with van der Waals surface area (Å²) in [5.41, 5.74) is 1.29. The molecule has 0 aliphatic heterocycles. The summed E-state index contributed by atoms with van der Waals surface area (Å²) in [7, 11) is 0. The van der Waals surface area contributed by atoms with E-state index in [1.165, 1.54) is 31.2 Å². The molecule has 0 spiro atoms. The number of nitrogens with zero attached hydrogens (tertiary/aromatic N) is 2. The third-order valence-corrected chi connectivity index (χ3v) is 3.29. The highest BCUT2D eigenvalue weighted by molar-refractivity contribution is 5.39. The number of hydrogen-bond acceptors (Lipinski definition) is 3. The minimum Gasteiger partial charge on any atom is -0.357 e. The van der Waals surface area contributed by atoms with Gasteiger partial charge in [0.15, 0.2) is 0 Å². The van der Waals surface area contributed by atoms with E-state index in [0.29, 0.717) is 0 Å². The van der Waals surface area contributed by atoms with Gasteiger partial charge in [-0.15, -0.1) is 0 Å². The van der Waals surface area contributed by atoms with E-state index in [2.05, 4.69) is 41.2 Å². The maximum Gasteiger partial charge on any atom is 0.128 e. The fraction of sp³-hybridized carbons (Fsp3) is 0.667. The van der Waals surface area contributed by atoms with E-state index in [1.807, 2.05) is 6.20 Å². The molecule has 1 heterocycles. The van der Waals surface area contributed by atoms with Gasteiger partial charge in [0.05, 0.1) is 0 Å². The Morgan fingerprint density at radius 3 is 2.44 bits per heavy atom. The van der Waals surface area contributed by atoms with Gasteiger partial charge in [0, 0.05) is 31.9 Å². The van der Waals surface area contributed by atoms with Crippen LogP contribution in [-0.2, 0) is 6.54 Å². The van der Waals surface area contributed by atoms with Crippen molar-refractivity contribution in [3.8, 4) is 0 Å². The van der Waals surface area contributed by atoms with Gasteiger partial charge in [-0.2, -0.15) is 0 Å². The molecule has 0 amide bonds. The van der Waals surface area contributed by atoms with Crippen LogP contribution in [0.2, 0.25) is 0 Å². The zero-order valence-corrected chi connectivity index (χ0v) is 11.7. The van der Waals surface area contributed by atoms with E-state index < -0.39 is 0 Å². The van der Waals surface area contributed by atoms with Gasteiger partial charge < -0.3 is 10.2 Å². The average Bonchev–Trinajstić information content (AvgIpc) is 3.21. The molecule has 3 heteroatoms. The lowest BCUT2D eigenvalue weighted by atomic mass is 10.2. The second kappa shape index (κ2) is 6.74. The molecule has 0 unspecified atom stereocenters. The van der Waals surface area contributed by atoms with E-state index in [9.17, 15) is 0 Å². The smallest absolute Gasteiger partial charge is 0.128 e. The van der Waals surface area contributed by atoms with Crippen molar-refractivity contribution < 1.29 is 0 Å². The molecule has 1 aromatic heterocycles. The first-order valence-corrected chi connectivity index (χ1v) is 7.26. The molecule has 100 valence electrons. The summed E-state index contributed by atoms with van der Waals surface area (Å²) in [4.78, 5) is 6.97. The summed E-state index contributed by atoms with van der Waals surface area (Å²) in [6.45, 7) is 7.59. The van der Waals surface area contributed by atoms with Crippen LogP contribution in [0.25, 0.3) is 0 Å². The van der Waals surface area contributed by atoms with Crippen LogP contribution < -0.4 is 10.2 Å². The van der Waals surface area contributed by atoms with Gasteiger partial charge in [-0.05, 0) is 37.3 Å². The lowest BCUT2D eigenvalue weighted by Crippen LogP contribution is -2.25. The second-order valence-electron chi connectivity index (χ2n) is 5.17. The Morgan fingerprint density at radius 2 is 1.94 bits per heavy atom. The molecule has 1 aliphatic carbocycles. The first-order valence-electron chi connectivity index (χ1n) is 7.26. The number of pyridine rings is 1. The average molecular weight is 247 g/mol. The molecule has 3 nitrogen and oxygen atoms in total. The van der Waals surface area contributed by atoms with Crippen molar-refractivity contribution in [2.45, 2.75) is 52.1 Å². The predicted octanol–water partition coefficient (Wildman–Crippen LogP) is 2.96. The number of anilines is 1. The number of aromatic nitrogens is 1. The maximum absolute atomic E-state index is 4.60. The third kappa shape index (κ3) is 3.98. The van der Waals surface area contributed by atoms with Crippen LogP contribution in [0.1, 0.15) is 45.1 Å². The van der Waals surface area contributed by atoms with Crippen LogP contribution in [0.4, 0.5) is 5.82 Å². The summed E-state index contributed by atoms with van der Waals surface area (Å²) >= 11 is 0. The summed E-state index contributed by atoms with van der Waals surface area (Å²) in [5.74, 6) is 1.12. The highest BCUT2D eigenvalue weighted by Gasteiger charge is 2.19. The first-order chi connectivity index (χ1) is 8.83. The van der Waals surface area contributed by atoms with Crippen LogP contribution in [0, 0.1) is 0 Å². The zero-order valence-electron chi connectivity index (χ0n) is 11.7. The van der Waals surface area contributed by atoms with E-state index in [0.717, 1.165) is 31.5 Å². The largest absolute Gasteiger partial charge is 0.357 e. The highest BCUT2D eigenvalue weighted by Crippen LogP contribution is 2.19. The van der Waals surface area contributed by atoms with Crippen molar-refractivity contribution in [1.29, 1.82) is 0 Å². The number of rotatable bonds is 8. The number of hydrogen-bond donors (Lipinski definition) is 1. The molecule has 1 aliphatic rings. The van der Waals surface area contributed by atoms with Crippen molar-refractivity contribution >= 4 is 5.82 Å². The Bertz CT molecular complexity index is 337. The van der Waals surface area contributed by atoms with Gasteiger partial charge in [0.1, 0.15) is 5.82 Å². The molecule has 0 saturated heterocycles. The van der Waals surface area contributed by atoms with Gasteiger partial charge in [-0.1, -0.05) is 19.9 Å². The predicted molar refractivity (Wildman–Crippen MR) is 76.9 cm³/mol. The van der Waals surface area contributed by atoms with Gasteiger partial charge >= 0.3 is 0 Å². The molecule has 18 heavy (non-hydrogen) atoms. The normalized spacial score (nSPS) is 14.8. The van der Waals surface area contributed by atoms with Crippen molar-refractivity contribution in [3.05, 3.63) is 23.9 Å². The van der Waals surface area contributed by atoms with Crippen LogP contribution in [-0.4, -0.2) is 24.1 Å².